The summed E-state index contributed by atoms with van der Waals surface area (Å²) < 4.78 is 0. The van der Waals surface area contributed by atoms with E-state index in [0.717, 1.165) is 37.6 Å². The van der Waals surface area contributed by atoms with Crippen molar-refractivity contribution in [1.29, 1.82) is 0 Å². The number of aromatic nitrogens is 1. The Morgan fingerprint density at radius 1 is 1.00 bits per heavy atom. The molecule has 0 saturated carbocycles. The maximum absolute atomic E-state index is 4.47. The van der Waals surface area contributed by atoms with Crippen LogP contribution in [0.4, 0.5) is 5.69 Å². The maximum atomic E-state index is 4.47. The molecule has 0 N–H and O–H groups in total. The van der Waals surface area contributed by atoms with Crippen molar-refractivity contribution in [3.8, 4) is 0 Å². The average molecular weight is 290 g/mol. The van der Waals surface area contributed by atoms with Gasteiger partial charge < -0.3 is 9.80 Å². The van der Waals surface area contributed by atoms with Gasteiger partial charge in [0.2, 0.25) is 0 Å². The Hall–Kier alpha value is -1.13. The van der Waals surface area contributed by atoms with Crippen molar-refractivity contribution >= 4 is 5.69 Å². The molecule has 0 aromatic carbocycles. The highest BCUT2D eigenvalue weighted by Crippen LogP contribution is 2.18. The van der Waals surface area contributed by atoms with E-state index >= 15 is 0 Å². The van der Waals surface area contributed by atoms with Gasteiger partial charge in [-0.3, -0.25) is 9.88 Å². The summed E-state index contributed by atoms with van der Waals surface area (Å²) in [7, 11) is 0. The van der Waals surface area contributed by atoms with Gasteiger partial charge in [0, 0.05) is 56.3 Å². The van der Waals surface area contributed by atoms with Gasteiger partial charge in [0.1, 0.15) is 0 Å². The molecular weight excluding hydrogens is 260 g/mol. The fourth-order valence-electron chi connectivity index (χ4n) is 3.05. The van der Waals surface area contributed by atoms with E-state index in [-0.39, 0.29) is 0 Å². The van der Waals surface area contributed by atoms with Gasteiger partial charge in [-0.25, -0.2) is 0 Å². The van der Waals surface area contributed by atoms with Crippen LogP contribution in [0.5, 0.6) is 0 Å². The van der Waals surface area contributed by atoms with E-state index in [0.29, 0.717) is 0 Å². The lowest BCUT2D eigenvalue weighted by Gasteiger charge is -2.37. The summed E-state index contributed by atoms with van der Waals surface area (Å²) >= 11 is 0. The van der Waals surface area contributed by atoms with Gasteiger partial charge in [0.15, 0.2) is 0 Å². The molecule has 118 valence electrons. The van der Waals surface area contributed by atoms with Crippen molar-refractivity contribution in [2.24, 2.45) is 0 Å². The number of aryl methyl sites for hydroxylation is 2. The van der Waals surface area contributed by atoms with Crippen LogP contribution in [0, 0.1) is 13.8 Å². The molecule has 0 radical (unpaired) electrons. The molecule has 1 aliphatic rings. The summed E-state index contributed by atoms with van der Waals surface area (Å²) in [4.78, 5) is 12.1. The third-order valence-electron chi connectivity index (χ3n) is 4.43. The molecule has 0 aliphatic carbocycles. The average Bonchev–Trinajstić information content (AvgIpc) is 2.48. The van der Waals surface area contributed by atoms with E-state index in [1.807, 2.05) is 0 Å². The molecule has 1 aromatic heterocycles. The van der Waals surface area contributed by atoms with Crippen molar-refractivity contribution in [1.82, 2.24) is 14.8 Å². The lowest BCUT2D eigenvalue weighted by Crippen LogP contribution is -2.48. The zero-order valence-electron chi connectivity index (χ0n) is 14.1. The fourth-order valence-corrected chi connectivity index (χ4v) is 3.05. The number of hydrogen-bond acceptors (Lipinski definition) is 4. The Kier molecular flexibility index (Phi) is 6.00. The van der Waals surface area contributed by atoms with E-state index in [2.05, 4.69) is 59.5 Å². The summed E-state index contributed by atoms with van der Waals surface area (Å²) in [5.74, 6) is 0. The molecule has 0 atom stereocenters. The molecule has 1 aliphatic heterocycles. The number of piperazine rings is 1. The van der Waals surface area contributed by atoms with Gasteiger partial charge in [-0.05, 0) is 39.1 Å². The quantitative estimate of drug-likeness (QED) is 0.801. The first kappa shape index (κ1) is 16.2. The molecule has 0 spiro atoms. The first-order valence-electron chi connectivity index (χ1n) is 8.27. The van der Waals surface area contributed by atoms with Crippen molar-refractivity contribution in [3.05, 3.63) is 23.5 Å². The van der Waals surface area contributed by atoms with Crippen LogP contribution in [0.1, 0.15) is 25.2 Å². The zero-order chi connectivity index (χ0) is 15.2. The van der Waals surface area contributed by atoms with Crippen LogP contribution in [0.25, 0.3) is 0 Å². The molecule has 2 rings (SSSR count). The minimum atomic E-state index is 1.12. The van der Waals surface area contributed by atoms with E-state index in [1.165, 1.54) is 31.9 Å². The second-order valence-corrected chi connectivity index (χ2v) is 5.96. The predicted octanol–water partition coefficient (Wildman–Crippen LogP) is 2.16. The topological polar surface area (TPSA) is 22.6 Å². The SMILES string of the molecule is CCN(CC)CCN1CCN(c2cc(C)nc(C)c2)CC1. The molecular formula is C17H30N4. The van der Waals surface area contributed by atoms with Gasteiger partial charge in [-0.15, -0.1) is 0 Å². The lowest BCUT2D eigenvalue weighted by atomic mass is 10.2. The highest BCUT2D eigenvalue weighted by Gasteiger charge is 2.17. The number of pyridine rings is 1. The number of rotatable bonds is 6. The van der Waals surface area contributed by atoms with Crippen LogP contribution >= 0.6 is 0 Å². The van der Waals surface area contributed by atoms with Crippen LogP contribution in [0.3, 0.4) is 0 Å². The van der Waals surface area contributed by atoms with Crippen molar-refractivity contribution < 1.29 is 0 Å². The standard InChI is InChI=1S/C17H30N4/c1-5-19(6-2)7-8-20-9-11-21(12-10-20)17-13-15(3)18-16(4)14-17/h13-14H,5-12H2,1-4H3. The molecule has 2 heterocycles. The summed E-state index contributed by atoms with van der Waals surface area (Å²) in [6, 6.07) is 4.41. The van der Waals surface area contributed by atoms with E-state index < -0.39 is 0 Å². The molecule has 0 unspecified atom stereocenters. The number of nitrogens with zero attached hydrogens (tertiary/aromatic N) is 4. The Bertz CT molecular complexity index is 414. The molecule has 1 saturated heterocycles. The molecule has 1 aromatic rings. The second-order valence-electron chi connectivity index (χ2n) is 5.96. The molecule has 4 nitrogen and oxygen atoms in total. The number of likely N-dealkylation sites (N-methyl/N-ethyl adjacent to an activating group) is 1. The summed E-state index contributed by atoms with van der Waals surface area (Å²) in [6.07, 6.45) is 0. The monoisotopic (exact) mass is 290 g/mol. The van der Waals surface area contributed by atoms with Crippen LogP contribution in [-0.2, 0) is 0 Å². The first-order valence-corrected chi connectivity index (χ1v) is 8.27. The van der Waals surface area contributed by atoms with Gasteiger partial charge in [0.25, 0.3) is 0 Å². The van der Waals surface area contributed by atoms with E-state index in [1.54, 1.807) is 0 Å². The molecule has 1 fully saturated rings. The van der Waals surface area contributed by atoms with E-state index in [4.69, 9.17) is 0 Å². The molecule has 0 bridgehead atoms. The Balaban J connectivity index is 1.82. The van der Waals surface area contributed by atoms with Gasteiger partial charge in [-0.2, -0.15) is 0 Å². The van der Waals surface area contributed by atoms with E-state index in [9.17, 15) is 0 Å². The Morgan fingerprint density at radius 3 is 2.10 bits per heavy atom. The summed E-state index contributed by atoms with van der Waals surface area (Å²) in [5, 5.41) is 0. The van der Waals surface area contributed by atoms with Crippen molar-refractivity contribution in [2.45, 2.75) is 27.7 Å². The third kappa shape index (κ3) is 4.68. The maximum Gasteiger partial charge on any atom is 0.0403 e. The highest BCUT2D eigenvalue weighted by atomic mass is 15.3. The first-order chi connectivity index (χ1) is 10.1. The Morgan fingerprint density at radius 2 is 1.57 bits per heavy atom. The van der Waals surface area contributed by atoms with Crippen molar-refractivity contribution in [3.63, 3.8) is 0 Å². The minimum absolute atomic E-state index is 1.12. The van der Waals surface area contributed by atoms with Gasteiger partial charge in [-0.1, -0.05) is 13.8 Å². The van der Waals surface area contributed by atoms with Crippen LogP contribution in [0.15, 0.2) is 12.1 Å². The van der Waals surface area contributed by atoms with Gasteiger partial charge in [0.05, 0.1) is 0 Å². The molecule has 21 heavy (non-hydrogen) atoms. The van der Waals surface area contributed by atoms with Crippen molar-refractivity contribution in [2.75, 3.05) is 57.3 Å². The molecule has 0 amide bonds. The smallest absolute Gasteiger partial charge is 0.0403 e. The summed E-state index contributed by atoms with van der Waals surface area (Å²) in [5.41, 5.74) is 3.58. The van der Waals surface area contributed by atoms with Crippen LogP contribution < -0.4 is 4.90 Å². The summed E-state index contributed by atoms with van der Waals surface area (Å²) in [6.45, 7) is 18.0. The van der Waals surface area contributed by atoms with Crippen LogP contribution in [0.2, 0.25) is 0 Å². The normalized spacial score (nSPS) is 16.7. The van der Waals surface area contributed by atoms with Crippen LogP contribution in [-0.4, -0.2) is 67.1 Å². The van der Waals surface area contributed by atoms with Gasteiger partial charge >= 0.3 is 0 Å². The fraction of sp³-hybridized carbons (Fsp3) is 0.706. The largest absolute Gasteiger partial charge is 0.369 e. The molecule has 4 heteroatoms. The predicted molar refractivity (Wildman–Crippen MR) is 90.2 cm³/mol. The minimum Gasteiger partial charge on any atom is -0.369 e. The number of anilines is 1. The highest BCUT2D eigenvalue weighted by molar-refractivity contribution is 5.48. The third-order valence-corrected chi connectivity index (χ3v) is 4.43. The zero-order valence-corrected chi connectivity index (χ0v) is 14.1. The lowest BCUT2D eigenvalue weighted by molar-refractivity contribution is 0.206. The second kappa shape index (κ2) is 7.76. The number of hydrogen-bond donors (Lipinski definition) is 0. The Labute approximate surface area is 129 Å².